The Kier molecular flexibility index (Phi) is 6.18. The van der Waals surface area contributed by atoms with Crippen LogP contribution in [0.4, 0.5) is 5.82 Å². The summed E-state index contributed by atoms with van der Waals surface area (Å²) in [7, 11) is -1.20. The number of rotatable bonds is 8. The van der Waals surface area contributed by atoms with E-state index in [1.165, 1.54) is 11.8 Å². The molecule has 0 aliphatic heterocycles. The second-order valence-corrected chi connectivity index (χ2v) is 9.77. The van der Waals surface area contributed by atoms with Gasteiger partial charge in [-0.2, -0.15) is 0 Å². The molecule has 1 aliphatic carbocycles. The van der Waals surface area contributed by atoms with Gasteiger partial charge in [-0.15, -0.1) is 0 Å². The van der Waals surface area contributed by atoms with Gasteiger partial charge in [-0.25, -0.2) is 18.4 Å². The topological polar surface area (TPSA) is 85.3 Å². The van der Waals surface area contributed by atoms with Crippen LogP contribution in [0.5, 0.6) is 5.75 Å². The fraction of sp³-hybridized carbons (Fsp3) is 0.348. The zero-order valence-electron chi connectivity index (χ0n) is 17.8. The lowest BCUT2D eigenvalue weighted by molar-refractivity contribution is 0.311. The van der Waals surface area contributed by atoms with Crippen molar-refractivity contribution in [1.82, 2.24) is 15.0 Å². The van der Waals surface area contributed by atoms with E-state index in [0.717, 1.165) is 55.1 Å². The van der Waals surface area contributed by atoms with Crippen molar-refractivity contribution in [3.8, 4) is 17.1 Å². The number of pyridine rings is 1. The van der Waals surface area contributed by atoms with E-state index < -0.39 is 9.84 Å². The molecule has 0 atom stereocenters. The molecule has 2 aromatic heterocycles. The quantitative estimate of drug-likeness (QED) is 0.499. The van der Waals surface area contributed by atoms with Gasteiger partial charge in [-0.3, -0.25) is 4.98 Å². The van der Waals surface area contributed by atoms with Crippen LogP contribution in [-0.2, 0) is 22.7 Å². The van der Waals surface area contributed by atoms with Crippen LogP contribution in [0.1, 0.15) is 24.1 Å². The molecule has 0 saturated heterocycles. The highest BCUT2D eigenvalue weighted by Crippen LogP contribution is 2.31. The Bertz CT molecular complexity index is 1170. The highest BCUT2D eigenvalue weighted by Gasteiger charge is 2.22. The number of ether oxygens (including phenoxy) is 1. The summed E-state index contributed by atoms with van der Waals surface area (Å²) < 4.78 is 29.2. The van der Waals surface area contributed by atoms with Crippen molar-refractivity contribution in [2.75, 3.05) is 31.4 Å². The third kappa shape index (κ3) is 5.02. The molecule has 0 amide bonds. The van der Waals surface area contributed by atoms with Crippen LogP contribution in [0.2, 0.25) is 0 Å². The Hall–Kier alpha value is -3.00. The van der Waals surface area contributed by atoms with Crippen LogP contribution in [0.15, 0.2) is 53.7 Å². The average molecular weight is 439 g/mol. The number of nitrogens with zero attached hydrogens (tertiary/aromatic N) is 4. The predicted octanol–water partition coefficient (Wildman–Crippen LogP) is 3.34. The first-order chi connectivity index (χ1) is 14.9. The van der Waals surface area contributed by atoms with Gasteiger partial charge in [0, 0.05) is 49.1 Å². The molecule has 0 spiro atoms. The molecule has 31 heavy (non-hydrogen) atoms. The summed E-state index contributed by atoms with van der Waals surface area (Å²) >= 11 is 0. The van der Waals surface area contributed by atoms with Crippen LogP contribution in [0.3, 0.4) is 0 Å². The van der Waals surface area contributed by atoms with Crippen molar-refractivity contribution >= 4 is 15.7 Å². The van der Waals surface area contributed by atoms with Gasteiger partial charge in [-0.1, -0.05) is 6.07 Å². The molecule has 0 radical (unpaired) electrons. The lowest BCUT2D eigenvalue weighted by atomic mass is 10.2. The van der Waals surface area contributed by atoms with E-state index in [1.54, 1.807) is 36.7 Å². The molecular formula is C23H26N4O3S. The molecular weight excluding hydrogens is 412 g/mol. The SMILES string of the molecule is CN(CCCOc1cccc(S(C)(=O)=O)c1)c1nc(-c2ccncc2)nc2c1CCC2. The molecule has 3 aromatic rings. The minimum Gasteiger partial charge on any atom is -0.493 e. The number of fused-ring (bicyclic) bond motifs is 1. The molecule has 4 rings (SSSR count). The van der Waals surface area contributed by atoms with Crippen molar-refractivity contribution in [2.45, 2.75) is 30.6 Å². The Morgan fingerprint density at radius 2 is 1.90 bits per heavy atom. The van der Waals surface area contributed by atoms with Crippen LogP contribution in [-0.4, -0.2) is 49.8 Å². The Labute approximate surface area is 183 Å². The van der Waals surface area contributed by atoms with Crippen LogP contribution in [0, 0.1) is 0 Å². The van der Waals surface area contributed by atoms with E-state index >= 15 is 0 Å². The first-order valence-electron chi connectivity index (χ1n) is 10.4. The standard InChI is InChI=1S/C23H26N4O3S/c1-27(14-5-15-30-18-6-3-7-19(16-18)31(2,28)29)23-20-8-4-9-21(20)25-22(26-23)17-10-12-24-13-11-17/h3,6-7,10-13,16H,4-5,8-9,14-15H2,1-2H3. The largest absolute Gasteiger partial charge is 0.493 e. The Morgan fingerprint density at radius 3 is 2.68 bits per heavy atom. The summed E-state index contributed by atoms with van der Waals surface area (Å²) in [6.07, 6.45) is 8.57. The highest BCUT2D eigenvalue weighted by atomic mass is 32.2. The second kappa shape index (κ2) is 9.01. The smallest absolute Gasteiger partial charge is 0.175 e. The summed E-state index contributed by atoms with van der Waals surface area (Å²) in [4.78, 5) is 16.2. The number of anilines is 1. The molecule has 0 N–H and O–H groups in total. The number of sulfone groups is 1. The summed E-state index contributed by atoms with van der Waals surface area (Å²) in [6.45, 7) is 1.26. The maximum atomic E-state index is 11.7. The minimum atomic E-state index is -3.24. The maximum Gasteiger partial charge on any atom is 0.175 e. The number of aryl methyl sites for hydroxylation is 1. The van der Waals surface area contributed by atoms with Crippen molar-refractivity contribution in [1.29, 1.82) is 0 Å². The van der Waals surface area contributed by atoms with Crippen LogP contribution < -0.4 is 9.64 Å². The first-order valence-corrected chi connectivity index (χ1v) is 12.3. The number of aromatic nitrogens is 3. The van der Waals surface area contributed by atoms with Gasteiger partial charge in [0.2, 0.25) is 0 Å². The summed E-state index contributed by atoms with van der Waals surface area (Å²) in [5.41, 5.74) is 3.34. The fourth-order valence-corrected chi connectivity index (χ4v) is 4.41. The lowest BCUT2D eigenvalue weighted by Crippen LogP contribution is -2.23. The Balaban J connectivity index is 1.42. The average Bonchev–Trinajstić information content (AvgIpc) is 3.25. The Morgan fingerprint density at radius 1 is 1.10 bits per heavy atom. The van der Waals surface area contributed by atoms with Crippen molar-refractivity contribution in [2.24, 2.45) is 0 Å². The molecule has 8 heteroatoms. The first kappa shape index (κ1) is 21.2. The maximum absolute atomic E-state index is 11.7. The zero-order valence-corrected chi connectivity index (χ0v) is 18.6. The number of hydrogen-bond acceptors (Lipinski definition) is 7. The molecule has 0 saturated carbocycles. The van der Waals surface area contributed by atoms with E-state index in [2.05, 4.69) is 9.88 Å². The molecule has 7 nitrogen and oxygen atoms in total. The van der Waals surface area contributed by atoms with Gasteiger partial charge >= 0.3 is 0 Å². The van der Waals surface area contributed by atoms with Gasteiger partial charge < -0.3 is 9.64 Å². The molecule has 0 bridgehead atoms. The summed E-state index contributed by atoms with van der Waals surface area (Å²) in [5.74, 6) is 2.28. The molecule has 0 fully saturated rings. The third-order valence-electron chi connectivity index (χ3n) is 5.35. The van der Waals surface area contributed by atoms with E-state index in [4.69, 9.17) is 14.7 Å². The normalized spacial score (nSPS) is 13.1. The van der Waals surface area contributed by atoms with Crippen LogP contribution in [0.25, 0.3) is 11.4 Å². The zero-order chi connectivity index (χ0) is 21.8. The third-order valence-corrected chi connectivity index (χ3v) is 6.46. The van der Waals surface area contributed by atoms with Crippen molar-refractivity contribution in [3.63, 3.8) is 0 Å². The minimum absolute atomic E-state index is 0.266. The van der Waals surface area contributed by atoms with Gasteiger partial charge in [0.05, 0.1) is 11.5 Å². The second-order valence-electron chi connectivity index (χ2n) is 7.76. The van der Waals surface area contributed by atoms with E-state index in [-0.39, 0.29) is 4.90 Å². The van der Waals surface area contributed by atoms with Gasteiger partial charge in [0.25, 0.3) is 0 Å². The predicted molar refractivity (Wildman–Crippen MR) is 120 cm³/mol. The molecule has 1 aromatic carbocycles. The fourth-order valence-electron chi connectivity index (χ4n) is 3.75. The highest BCUT2D eigenvalue weighted by molar-refractivity contribution is 7.90. The van der Waals surface area contributed by atoms with Crippen molar-refractivity contribution in [3.05, 3.63) is 60.0 Å². The molecule has 0 unspecified atom stereocenters. The summed E-state index contributed by atoms with van der Waals surface area (Å²) in [5, 5.41) is 0. The van der Waals surface area contributed by atoms with Gasteiger partial charge in [0.1, 0.15) is 11.6 Å². The van der Waals surface area contributed by atoms with E-state index in [1.807, 2.05) is 19.2 Å². The molecule has 162 valence electrons. The van der Waals surface area contributed by atoms with Crippen LogP contribution >= 0.6 is 0 Å². The molecule has 1 aliphatic rings. The summed E-state index contributed by atoms with van der Waals surface area (Å²) in [6, 6.07) is 10.5. The number of hydrogen-bond donors (Lipinski definition) is 0. The monoisotopic (exact) mass is 438 g/mol. The van der Waals surface area contributed by atoms with Crippen molar-refractivity contribution < 1.29 is 13.2 Å². The molecule has 2 heterocycles. The van der Waals surface area contributed by atoms with Gasteiger partial charge in [0.15, 0.2) is 15.7 Å². The van der Waals surface area contributed by atoms with E-state index in [9.17, 15) is 8.42 Å². The lowest BCUT2D eigenvalue weighted by Gasteiger charge is -2.22. The van der Waals surface area contributed by atoms with Gasteiger partial charge in [-0.05, 0) is 56.0 Å². The number of benzene rings is 1. The van der Waals surface area contributed by atoms with E-state index in [0.29, 0.717) is 12.4 Å².